The third-order valence-electron chi connectivity index (χ3n) is 5.36. The monoisotopic (exact) mass is 398 g/mol. The van der Waals surface area contributed by atoms with Crippen LogP contribution in [0.5, 0.6) is 11.5 Å². The second kappa shape index (κ2) is 5.90. The summed E-state index contributed by atoms with van der Waals surface area (Å²) in [6.07, 6.45) is 1.45. The van der Waals surface area contributed by atoms with Gasteiger partial charge in [0.05, 0.1) is 22.2 Å². The number of nitrogens with zero attached hydrogens (tertiary/aromatic N) is 4. The normalized spacial score (nSPS) is 14.6. The lowest BCUT2D eigenvalue weighted by atomic mass is 10.0. The van der Waals surface area contributed by atoms with Crippen molar-refractivity contribution in [2.45, 2.75) is 0 Å². The minimum Gasteiger partial charge on any atom is -0.454 e. The molecule has 0 atom stereocenters. The lowest BCUT2D eigenvalue weighted by molar-refractivity contribution is 0.0926. The molecule has 2 aliphatic rings. The summed E-state index contributed by atoms with van der Waals surface area (Å²) in [6, 6.07) is 14.5. The molecule has 30 heavy (non-hydrogen) atoms. The predicted octanol–water partition coefficient (Wildman–Crippen LogP) is 3.16. The summed E-state index contributed by atoms with van der Waals surface area (Å²) in [7, 11) is 1.77. The highest BCUT2D eigenvalue weighted by atomic mass is 16.7. The third-order valence-corrected chi connectivity index (χ3v) is 5.36. The smallest absolute Gasteiger partial charge is 0.267 e. The fraction of sp³-hybridized carbons (Fsp3) is 0.0909. The van der Waals surface area contributed by atoms with Gasteiger partial charge in [0.15, 0.2) is 17.1 Å². The van der Waals surface area contributed by atoms with E-state index in [9.17, 15) is 9.59 Å². The summed E-state index contributed by atoms with van der Waals surface area (Å²) >= 11 is 0. The number of hydrogen-bond acceptors (Lipinski definition) is 6. The van der Waals surface area contributed by atoms with Crippen molar-refractivity contribution in [1.29, 1.82) is 0 Å². The SMILES string of the molecule is Cn1nc(-c2ccccc2)c2c3c(cnc21)C(=O)N(c1ccc2c(c1)OCO2)C3=O. The van der Waals surface area contributed by atoms with Crippen molar-refractivity contribution in [3.05, 3.63) is 65.9 Å². The molecule has 2 amide bonds. The van der Waals surface area contributed by atoms with E-state index in [1.54, 1.807) is 29.9 Å². The molecule has 0 bridgehead atoms. The Labute approximate surface area is 170 Å². The number of hydrogen-bond donors (Lipinski definition) is 0. The van der Waals surface area contributed by atoms with Crippen molar-refractivity contribution in [3.63, 3.8) is 0 Å². The van der Waals surface area contributed by atoms with Crippen LogP contribution in [0.25, 0.3) is 22.3 Å². The van der Waals surface area contributed by atoms with E-state index in [0.29, 0.717) is 39.5 Å². The largest absolute Gasteiger partial charge is 0.454 e. The topological polar surface area (TPSA) is 86.6 Å². The van der Waals surface area contributed by atoms with E-state index < -0.39 is 11.8 Å². The molecule has 0 aliphatic carbocycles. The maximum absolute atomic E-state index is 13.5. The minimum atomic E-state index is -0.425. The Hall–Kier alpha value is -4.20. The molecular weight excluding hydrogens is 384 g/mol. The molecule has 2 aromatic carbocycles. The number of aromatic nitrogens is 3. The van der Waals surface area contributed by atoms with Gasteiger partial charge in [0, 0.05) is 24.9 Å². The molecule has 4 aromatic rings. The van der Waals surface area contributed by atoms with Gasteiger partial charge >= 0.3 is 0 Å². The van der Waals surface area contributed by atoms with Gasteiger partial charge in [-0.2, -0.15) is 5.10 Å². The van der Waals surface area contributed by atoms with E-state index in [1.807, 2.05) is 30.3 Å². The van der Waals surface area contributed by atoms with Crippen LogP contribution in [0.2, 0.25) is 0 Å². The molecule has 8 nitrogen and oxygen atoms in total. The molecule has 0 radical (unpaired) electrons. The maximum atomic E-state index is 13.5. The van der Waals surface area contributed by atoms with Crippen LogP contribution >= 0.6 is 0 Å². The van der Waals surface area contributed by atoms with Gasteiger partial charge in [-0.25, -0.2) is 14.6 Å². The molecule has 4 heterocycles. The summed E-state index contributed by atoms with van der Waals surface area (Å²) in [4.78, 5) is 32.2. The number of fused-ring (bicyclic) bond motifs is 4. The van der Waals surface area contributed by atoms with Gasteiger partial charge in [-0.15, -0.1) is 0 Å². The van der Waals surface area contributed by atoms with Crippen LogP contribution in [0.3, 0.4) is 0 Å². The zero-order valence-corrected chi connectivity index (χ0v) is 15.8. The minimum absolute atomic E-state index is 0.113. The van der Waals surface area contributed by atoms with Crippen molar-refractivity contribution >= 4 is 28.5 Å². The number of rotatable bonds is 2. The molecular formula is C22H14N4O4. The number of anilines is 1. The molecule has 2 aromatic heterocycles. The number of ether oxygens (including phenoxy) is 2. The standard InChI is InChI=1S/C22H14N4O4/c1-25-20-18(19(24-25)12-5-3-2-4-6-12)17-14(10-23-20)21(27)26(22(17)28)13-7-8-15-16(9-13)30-11-29-15/h2-10H,11H2,1H3. The van der Waals surface area contributed by atoms with Crippen LogP contribution in [-0.2, 0) is 7.05 Å². The van der Waals surface area contributed by atoms with Gasteiger partial charge in [-0.1, -0.05) is 30.3 Å². The van der Waals surface area contributed by atoms with E-state index >= 15 is 0 Å². The number of carbonyl (C=O) groups is 2. The molecule has 0 spiro atoms. The first-order valence-corrected chi connectivity index (χ1v) is 9.33. The number of carbonyl (C=O) groups excluding carboxylic acids is 2. The second-order valence-electron chi connectivity index (χ2n) is 7.07. The second-order valence-corrected chi connectivity index (χ2v) is 7.07. The first-order valence-electron chi connectivity index (χ1n) is 9.33. The molecule has 146 valence electrons. The van der Waals surface area contributed by atoms with Crippen LogP contribution in [-0.4, -0.2) is 33.4 Å². The van der Waals surface area contributed by atoms with Crippen LogP contribution in [0.4, 0.5) is 5.69 Å². The van der Waals surface area contributed by atoms with Crippen molar-refractivity contribution < 1.29 is 19.1 Å². The quantitative estimate of drug-likeness (QED) is 0.482. The summed E-state index contributed by atoms with van der Waals surface area (Å²) in [5, 5.41) is 5.15. The Balaban J connectivity index is 1.57. The molecule has 2 aliphatic heterocycles. The van der Waals surface area contributed by atoms with E-state index in [-0.39, 0.29) is 12.4 Å². The maximum Gasteiger partial charge on any atom is 0.267 e. The molecule has 0 unspecified atom stereocenters. The Kier molecular flexibility index (Phi) is 3.29. The van der Waals surface area contributed by atoms with Crippen LogP contribution in [0.15, 0.2) is 54.7 Å². The average molecular weight is 398 g/mol. The Morgan fingerprint density at radius 1 is 0.967 bits per heavy atom. The lowest BCUT2D eigenvalue weighted by Gasteiger charge is -2.14. The Bertz CT molecular complexity index is 1380. The Morgan fingerprint density at radius 3 is 2.60 bits per heavy atom. The molecule has 0 saturated carbocycles. The summed E-state index contributed by atoms with van der Waals surface area (Å²) < 4.78 is 12.3. The van der Waals surface area contributed by atoms with Gasteiger partial charge in [-0.05, 0) is 12.1 Å². The Morgan fingerprint density at radius 2 is 1.77 bits per heavy atom. The van der Waals surface area contributed by atoms with Gasteiger partial charge < -0.3 is 9.47 Å². The van der Waals surface area contributed by atoms with E-state index in [0.717, 1.165) is 10.5 Å². The predicted molar refractivity (Wildman–Crippen MR) is 108 cm³/mol. The number of imide groups is 1. The van der Waals surface area contributed by atoms with Gasteiger partial charge in [0.25, 0.3) is 11.8 Å². The van der Waals surface area contributed by atoms with Crippen LogP contribution in [0.1, 0.15) is 20.7 Å². The third kappa shape index (κ3) is 2.15. The van der Waals surface area contributed by atoms with Crippen molar-refractivity contribution in [2.75, 3.05) is 11.7 Å². The number of aryl methyl sites for hydroxylation is 1. The van der Waals surface area contributed by atoms with Crippen molar-refractivity contribution in [1.82, 2.24) is 14.8 Å². The highest BCUT2D eigenvalue weighted by Crippen LogP contribution is 2.40. The van der Waals surface area contributed by atoms with Crippen molar-refractivity contribution in [3.8, 4) is 22.8 Å². The molecule has 6 rings (SSSR count). The molecule has 8 heteroatoms. The number of benzene rings is 2. The summed E-state index contributed by atoms with van der Waals surface area (Å²) in [6.45, 7) is 0.113. The van der Waals surface area contributed by atoms with Gasteiger partial charge in [0.2, 0.25) is 6.79 Å². The van der Waals surface area contributed by atoms with Crippen LogP contribution in [0, 0.1) is 0 Å². The van der Waals surface area contributed by atoms with Gasteiger partial charge in [-0.3, -0.25) is 9.59 Å². The average Bonchev–Trinajstić information content (AvgIpc) is 3.44. The molecule has 0 N–H and O–H groups in total. The van der Waals surface area contributed by atoms with Crippen molar-refractivity contribution in [2.24, 2.45) is 7.05 Å². The fourth-order valence-electron chi connectivity index (χ4n) is 3.98. The zero-order chi connectivity index (χ0) is 20.4. The summed E-state index contributed by atoms with van der Waals surface area (Å²) in [5.41, 5.74) is 3.00. The highest BCUT2D eigenvalue weighted by Gasteiger charge is 2.40. The lowest BCUT2D eigenvalue weighted by Crippen LogP contribution is -2.29. The summed E-state index contributed by atoms with van der Waals surface area (Å²) in [5.74, 6) is 0.245. The van der Waals surface area contributed by atoms with Crippen LogP contribution < -0.4 is 14.4 Å². The van der Waals surface area contributed by atoms with Gasteiger partial charge in [0.1, 0.15) is 5.69 Å². The highest BCUT2D eigenvalue weighted by molar-refractivity contribution is 6.38. The fourth-order valence-corrected chi connectivity index (χ4v) is 3.98. The number of amides is 2. The van der Waals surface area contributed by atoms with E-state index in [2.05, 4.69) is 10.1 Å². The van der Waals surface area contributed by atoms with E-state index in [1.165, 1.54) is 6.20 Å². The van der Waals surface area contributed by atoms with E-state index in [4.69, 9.17) is 9.47 Å². The first kappa shape index (κ1) is 16.7. The molecule has 0 fully saturated rings. The number of pyridine rings is 1. The first-order chi connectivity index (χ1) is 14.6. The molecule has 0 saturated heterocycles. The zero-order valence-electron chi connectivity index (χ0n) is 15.8.